The third kappa shape index (κ3) is 7.21. The molecule has 1 amide bonds. The average molecular weight is 644 g/mol. The first kappa shape index (κ1) is 31.8. The van der Waals surface area contributed by atoms with Gasteiger partial charge in [-0.15, -0.1) is 10.2 Å². The number of Topliss-reactive ketones (excluding diaryl/α,β-unsaturated/α-hetero) is 1. The molecule has 9 nitrogen and oxygen atoms in total. The second kappa shape index (κ2) is 14.9. The number of ketones is 1. The van der Waals surface area contributed by atoms with Gasteiger partial charge in [-0.05, 0) is 60.9 Å². The first-order valence-corrected chi connectivity index (χ1v) is 16.3. The van der Waals surface area contributed by atoms with Crippen LogP contribution in [0.15, 0.2) is 95.4 Å². The molecule has 1 unspecified atom stereocenters. The Morgan fingerprint density at radius 3 is 2.49 bits per heavy atom. The van der Waals surface area contributed by atoms with Crippen LogP contribution in [-0.4, -0.2) is 46.8 Å². The maximum absolute atomic E-state index is 13.7. The minimum absolute atomic E-state index is 0.0712. The Balaban J connectivity index is 1.57. The Hall–Kier alpha value is -4.61. The highest BCUT2D eigenvalue weighted by Crippen LogP contribution is 2.45. The van der Waals surface area contributed by atoms with E-state index in [0.717, 1.165) is 12.0 Å². The molecule has 1 atom stereocenters. The highest BCUT2D eigenvalue weighted by atomic mass is 32.2. The SMILES string of the molecule is C=CCOc1ccc(C2C(=C(O)c3ccc(OCCC)cc3)C(=O)C(=O)N2c2nnc(SCc3ccccc3)s2)cc1OCC. The van der Waals surface area contributed by atoms with Crippen LogP contribution in [0.3, 0.4) is 0 Å². The minimum atomic E-state index is -1.01. The quantitative estimate of drug-likeness (QED) is 0.0381. The molecule has 4 aromatic rings. The second-order valence-electron chi connectivity index (χ2n) is 9.91. The van der Waals surface area contributed by atoms with E-state index in [2.05, 4.69) is 16.8 Å². The lowest BCUT2D eigenvalue weighted by atomic mass is 9.95. The molecule has 1 aliphatic rings. The van der Waals surface area contributed by atoms with Gasteiger partial charge >= 0.3 is 5.91 Å². The van der Waals surface area contributed by atoms with Crippen LogP contribution in [0.5, 0.6) is 17.2 Å². The van der Waals surface area contributed by atoms with Gasteiger partial charge in [-0.2, -0.15) is 0 Å². The monoisotopic (exact) mass is 643 g/mol. The normalized spacial score (nSPS) is 15.7. The fraction of sp³-hybridized carbons (Fsp3) is 0.235. The summed E-state index contributed by atoms with van der Waals surface area (Å²) >= 11 is 2.69. The molecule has 11 heteroatoms. The summed E-state index contributed by atoms with van der Waals surface area (Å²) in [7, 11) is 0. The number of rotatable bonds is 14. The van der Waals surface area contributed by atoms with Gasteiger partial charge in [0.1, 0.15) is 18.1 Å². The molecule has 0 spiro atoms. The molecule has 1 N–H and O–H groups in total. The van der Waals surface area contributed by atoms with Gasteiger partial charge in [0.15, 0.2) is 15.8 Å². The summed E-state index contributed by atoms with van der Waals surface area (Å²) < 4.78 is 17.9. The van der Waals surface area contributed by atoms with Crippen LogP contribution in [0.2, 0.25) is 0 Å². The number of amides is 1. The van der Waals surface area contributed by atoms with E-state index in [1.54, 1.807) is 48.5 Å². The number of nitrogens with zero attached hydrogens (tertiary/aromatic N) is 3. The highest BCUT2D eigenvalue weighted by molar-refractivity contribution is 8.00. The molecule has 0 radical (unpaired) electrons. The summed E-state index contributed by atoms with van der Waals surface area (Å²) in [5.74, 6) is 0.256. The van der Waals surface area contributed by atoms with E-state index in [-0.39, 0.29) is 23.1 Å². The molecule has 1 fully saturated rings. The van der Waals surface area contributed by atoms with Crippen LogP contribution in [-0.2, 0) is 15.3 Å². The number of anilines is 1. The van der Waals surface area contributed by atoms with Gasteiger partial charge in [0, 0.05) is 11.3 Å². The number of aromatic nitrogens is 2. The van der Waals surface area contributed by atoms with E-state index in [9.17, 15) is 14.7 Å². The van der Waals surface area contributed by atoms with Crippen molar-refractivity contribution < 1.29 is 28.9 Å². The van der Waals surface area contributed by atoms with Crippen LogP contribution in [0, 0.1) is 0 Å². The Morgan fingerprint density at radius 2 is 1.78 bits per heavy atom. The summed E-state index contributed by atoms with van der Waals surface area (Å²) in [5, 5.41) is 20.4. The Bertz CT molecular complexity index is 1690. The molecule has 2 heterocycles. The first-order valence-electron chi connectivity index (χ1n) is 14.5. The lowest BCUT2D eigenvalue weighted by molar-refractivity contribution is -0.132. The van der Waals surface area contributed by atoms with Crippen molar-refractivity contribution in [1.29, 1.82) is 0 Å². The smallest absolute Gasteiger partial charge is 0.301 e. The third-order valence-corrected chi connectivity index (χ3v) is 8.92. The molecular weight excluding hydrogens is 611 g/mol. The molecule has 0 aliphatic carbocycles. The van der Waals surface area contributed by atoms with Gasteiger partial charge in [-0.25, -0.2) is 0 Å². The summed E-state index contributed by atoms with van der Waals surface area (Å²) in [6.45, 7) is 8.74. The average Bonchev–Trinajstić information content (AvgIpc) is 3.64. The fourth-order valence-corrected chi connectivity index (χ4v) is 6.56. The number of carbonyl (C=O) groups is 2. The van der Waals surface area contributed by atoms with Gasteiger partial charge in [0.2, 0.25) is 5.13 Å². The number of hydrogen-bond donors (Lipinski definition) is 1. The van der Waals surface area contributed by atoms with E-state index in [1.807, 2.05) is 44.2 Å². The number of benzene rings is 3. The van der Waals surface area contributed by atoms with E-state index >= 15 is 0 Å². The minimum Gasteiger partial charge on any atom is -0.507 e. The zero-order chi connectivity index (χ0) is 31.8. The molecule has 3 aromatic carbocycles. The molecule has 1 saturated heterocycles. The molecule has 1 aliphatic heterocycles. The van der Waals surface area contributed by atoms with Crippen molar-refractivity contribution in [1.82, 2.24) is 10.2 Å². The third-order valence-electron chi connectivity index (χ3n) is 6.79. The van der Waals surface area contributed by atoms with Crippen LogP contribution in [0.1, 0.15) is 43.0 Å². The Labute approximate surface area is 270 Å². The molecular formula is C34H33N3O6S2. The van der Waals surface area contributed by atoms with Crippen LogP contribution < -0.4 is 19.1 Å². The van der Waals surface area contributed by atoms with Gasteiger partial charge in [0.25, 0.3) is 5.78 Å². The molecule has 0 saturated carbocycles. The molecule has 1 aromatic heterocycles. The molecule has 232 valence electrons. The summed E-state index contributed by atoms with van der Waals surface area (Å²) in [6.07, 6.45) is 2.48. The van der Waals surface area contributed by atoms with E-state index in [4.69, 9.17) is 14.2 Å². The van der Waals surface area contributed by atoms with Crippen molar-refractivity contribution in [2.45, 2.75) is 36.4 Å². The van der Waals surface area contributed by atoms with Crippen LogP contribution in [0.25, 0.3) is 5.76 Å². The largest absolute Gasteiger partial charge is 0.507 e. The summed E-state index contributed by atoms with van der Waals surface area (Å²) in [5.41, 5.74) is 1.95. The van der Waals surface area contributed by atoms with Crippen molar-refractivity contribution in [3.05, 3.63) is 108 Å². The first-order chi connectivity index (χ1) is 21.9. The van der Waals surface area contributed by atoms with Crippen molar-refractivity contribution >= 4 is 45.7 Å². The Kier molecular flexibility index (Phi) is 10.5. The number of ether oxygens (including phenoxy) is 3. The standard InChI is InChI=1S/C34H33N3O6S2/c1-4-18-42-25-15-12-23(13-16-25)30(38)28-29(24-14-17-26(43-19-5-2)27(20-24)41-6-3)37(32(40)31(28)39)33-35-36-34(45-33)44-21-22-10-8-7-9-11-22/h5,7-17,20,29,38H,2,4,6,18-19,21H2,1,3H3. The maximum atomic E-state index is 13.7. The topological polar surface area (TPSA) is 111 Å². The van der Waals surface area contributed by atoms with E-state index < -0.39 is 17.7 Å². The van der Waals surface area contributed by atoms with Crippen LogP contribution >= 0.6 is 23.1 Å². The van der Waals surface area contributed by atoms with Crippen molar-refractivity contribution in [2.75, 3.05) is 24.7 Å². The van der Waals surface area contributed by atoms with Crippen LogP contribution in [0.4, 0.5) is 5.13 Å². The lowest BCUT2D eigenvalue weighted by Crippen LogP contribution is -2.29. The van der Waals surface area contributed by atoms with Gasteiger partial charge in [0.05, 0.1) is 24.8 Å². The number of aliphatic hydroxyl groups excluding tert-OH is 1. The zero-order valence-electron chi connectivity index (χ0n) is 25.0. The highest BCUT2D eigenvalue weighted by Gasteiger charge is 2.48. The van der Waals surface area contributed by atoms with Gasteiger partial charge in [-0.1, -0.05) is 79.1 Å². The molecule has 5 rings (SSSR count). The van der Waals surface area contributed by atoms with Gasteiger partial charge < -0.3 is 19.3 Å². The summed E-state index contributed by atoms with van der Waals surface area (Å²) in [6, 6.07) is 20.9. The predicted molar refractivity (Wildman–Crippen MR) is 176 cm³/mol. The number of aliphatic hydroxyl groups is 1. The number of thioether (sulfide) groups is 1. The fourth-order valence-electron chi connectivity index (χ4n) is 4.74. The van der Waals surface area contributed by atoms with Gasteiger partial charge in [-0.3, -0.25) is 14.5 Å². The second-order valence-corrected chi connectivity index (χ2v) is 12.1. The van der Waals surface area contributed by atoms with Crippen molar-refractivity contribution in [3.8, 4) is 17.2 Å². The number of hydrogen-bond acceptors (Lipinski definition) is 10. The van der Waals surface area contributed by atoms with E-state index in [1.165, 1.54) is 28.0 Å². The lowest BCUT2D eigenvalue weighted by Gasteiger charge is -2.23. The molecule has 0 bridgehead atoms. The van der Waals surface area contributed by atoms with Crippen molar-refractivity contribution in [3.63, 3.8) is 0 Å². The zero-order valence-corrected chi connectivity index (χ0v) is 26.6. The maximum Gasteiger partial charge on any atom is 0.301 e. The number of carbonyl (C=O) groups excluding carboxylic acids is 2. The van der Waals surface area contributed by atoms with Crippen molar-refractivity contribution in [2.24, 2.45) is 0 Å². The Morgan fingerprint density at radius 1 is 1.00 bits per heavy atom. The predicted octanol–water partition coefficient (Wildman–Crippen LogP) is 7.21. The summed E-state index contributed by atoms with van der Waals surface area (Å²) in [4.78, 5) is 28.7. The van der Waals surface area contributed by atoms with E-state index in [0.29, 0.717) is 51.7 Å². The molecule has 45 heavy (non-hydrogen) atoms.